The smallest absolute Gasteiger partial charge is 0.316 e. The molecule has 0 saturated heterocycles. The van der Waals surface area contributed by atoms with E-state index >= 15 is 0 Å². The molecule has 0 amide bonds. The molecule has 114 valence electrons. The van der Waals surface area contributed by atoms with Crippen molar-refractivity contribution in [3.8, 4) is 5.75 Å². The zero-order chi connectivity index (χ0) is 15.4. The summed E-state index contributed by atoms with van der Waals surface area (Å²) in [4.78, 5) is 12.7. The van der Waals surface area contributed by atoms with Gasteiger partial charge in [0.05, 0.1) is 5.41 Å². The Kier molecular flexibility index (Phi) is 4.14. The number of carbonyl (C=O) groups excluding carboxylic acids is 1. The van der Waals surface area contributed by atoms with Gasteiger partial charge >= 0.3 is 5.97 Å². The second-order valence-corrected chi connectivity index (χ2v) is 5.90. The molecule has 1 fully saturated rings. The van der Waals surface area contributed by atoms with E-state index in [1.165, 1.54) is 0 Å². The van der Waals surface area contributed by atoms with Gasteiger partial charge in [-0.15, -0.1) is 0 Å². The number of phenolic OH excluding ortho intramolecular Hbond substituents is 1. The molecule has 1 aliphatic rings. The van der Waals surface area contributed by atoms with E-state index in [4.69, 9.17) is 4.74 Å². The van der Waals surface area contributed by atoms with Crippen LogP contribution in [0, 0.1) is 0 Å². The Labute approximate surface area is 130 Å². The molecule has 0 atom stereocenters. The second-order valence-electron chi connectivity index (χ2n) is 5.90. The average molecular weight is 296 g/mol. The van der Waals surface area contributed by atoms with Gasteiger partial charge in [0, 0.05) is 0 Å². The van der Waals surface area contributed by atoms with Crippen LogP contribution in [0.2, 0.25) is 0 Å². The molecule has 0 radical (unpaired) electrons. The molecule has 1 saturated carbocycles. The van der Waals surface area contributed by atoms with Crippen molar-refractivity contribution >= 4 is 5.97 Å². The van der Waals surface area contributed by atoms with E-state index in [1.807, 2.05) is 42.5 Å². The number of rotatable bonds is 4. The molecule has 3 rings (SSSR count). The third kappa shape index (κ3) is 2.84. The van der Waals surface area contributed by atoms with Crippen molar-refractivity contribution in [1.29, 1.82) is 0 Å². The summed E-state index contributed by atoms with van der Waals surface area (Å²) in [5, 5.41) is 9.46. The summed E-state index contributed by atoms with van der Waals surface area (Å²) < 4.78 is 5.60. The largest absolute Gasteiger partial charge is 0.508 e. The Balaban J connectivity index is 1.78. The number of benzene rings is 2. The normalized spacial score (nSPS) is 16.4. The van der Waals surface area contributed by atoms with Gasteiger partial charge in [-0.25, -0.2) is 0 Å². The van der Waals surface area contributed by atoms with Gasteiger partial charge in [-0.2, -0.15) is 0 Å². The van der Waals surface area contributed by atoms with Crippen LogP contribution < -0.4 is 0 Å². The van der Waals surface area contributed by atoms with Gasteiger partial charge in [0.25, 0.3) is 0 Å². The SMILES string of the molecule is O=C(OCc1ccccc1)C1(c2ccc(O)cc2)CCCC1. The molecule has 0 bridgehead atoms. The highest BCUT2D eigenvalue weighted by atomic mass is 16.5. The van der Waals surface area contributed by atoms with Crippen molar-refractivity contribution in [2.45, 2.75) is 37.7 Å². The maximum Gasteiger partial charge on any atom is 0.316 e. The maximum absolute atomic E-state index is 12.7. The Morgan fingerprint density at radius 2 is 1.64 bits per heavy atom. The molecule has 3 heteroatoms. The van der Waals surface area contributed by atoms with Crippen molar-refractivity contribution in [3.63, 3.8) is 0 Å². The lowest BCUT2D eigenvalue weighted by molar-refractivity contribution is -0.152. The zero-order valence-corrected chi connectivity index (χ0v) is 12.5. The molecule has 0 spiro atoms. The molecule has 1 aliphatic carbocycles. The zero-order valence-electron chi connectivity index (χ0n) is 12.5. The molecule has 0 heterocycles. The quantitative estimate of drug-likeness (QED) is 0.869. The van der Waals surface area contributed by atoms with E-state index in [0.717, 1.165) is 36.8 Å². The fourth-order valence-electron chi connectivity index (χ4n) is 3.23. The van der Waals surface area contributed by atoms with Crippen LogP contribution >= 0.6 is 0 Å². The third-order valence-corrected chi connectivity index (χ3v) is 4.48. The topological polar surface area (TPSA) is 46.5 Å². The Morgan fingerprint density at radius 1 is 1.00 bits per heavy atom. The van der Waals surface area contributed by atoms with Crippen LogP contribution in [0.5, 0.6) is 5.75 Å². The Hall–Kier alpha value is -2.29. The highest BCUT2D eigenvalue weighted by Gasteiger charge is 2.44. The molecular weight excluding hydrogens is 276 g/mol. The van der Waals surface area contributed by atoms with Gasteiger partial charge < -0.3 is 9.84 Å². The summed E-state index contributed by atoms with van der Waals surface area (Å²) in [7, 11) is 0. The second kappa shape index (κ2) is 6.22. The first-order chi connectivity index (χ1) is 10.7. The number of aromatic hydroxyl groups is 1. The summed E-state index contributed by atoms with van der Waals surface area (Å²) >= 11 is 0. The minimum absolute atomic E-state index is 0.153. The van der Waals surface area contributed by atoms with Crippen LogP contribution in [-0.2, 0) is 21.6 Å². The summed E-state index contributed by atoms with van der Waals surface area (Å²) in [5.41, 5.74) is 1.39. The van der Waals surface area contributed by atoms with Crippen LogP contribution in [-0.4, -0.2) is 11.1 Å². The minimum atomic E-state index is -0.553. The van der Waals surface area contributed by atoms with E-state index in [0.29, 0.717) is 6.61 Å². The first-order valence-electron chi connectivity index (χ1n) is 7.71. The number of carbonyl (C=O) groups is 1. The number of hydrogen-bond donors (Lipinski definition) is 1. The highest BCUT2D eigenvalue weighted by Crippen LogP contribution is 2.42. The number of ether oxygens (including phenoxy) is 1. The van der Waals surface area contributed by atoms with Gasteiger partial charge in [0.1, 0.15) is 12.4 Å². The van der Waals surface area contributed by atoms with Gasteiger partial charge in [0.15, 0.2) is 0 Å². The monoisotopic (exact) mass is 296 g/mol. The number of phenols is 1. The van der Waals surface area contributed by atoms with Gasteiger partial charge in [-0.05, 0) is 36.1 Å². The Morgan fingerprint density at radius 3 is 2.27 bits per heavy atom. The molecule has 22 heavy (non-hydrogen) atoms. The molecular formula is C19H20O3. The van der Waals surface area contributed by atoms with Crippen LogP contribution in [0.4, 0.5) is 0 Å². The lowest BCUT2D eigenvalue weighted by Gasteiger charge is -2.27. The highest BCUT2D eigenvalue weighted by molar-refractivity contribution is 5.83. The first-order valence-corrected chi connectivity index (χ1v) is 7.71. The fraction of sp³-hybridized carbons (Fsp3) is 0.316. The first kappa shape index (κ1) is 14.6. The van der Waals surface area contributed by atoms with Crippen LogP contribution in [0.3, 0.4) is 0 Å². The van der Waals surface area contributed by atoms with E-state index in [2.05, 4.69) is 0 Å². The van der Waals surface area contributed by atoms with Crippen LogP contribution in [0.1, 0.15) is 36.8 Å². The average Bonchev–Trinajstić information content (AvgIpc) is 3.05. The van der Waals surface area contributed by atoms with E-state index in [1.54, 1.807) is 12.1 Å². The maximum atomic E-state index is 12.7. The molecule has 1 N–H and O–H groups in total. The van der Waals surface area contributed by atoms with E-state index < -0.39 is 5.41 Å². The van der Waals surface area contributed by atoms with Crippen molar-refractivity contribution in [2.24, 2.45) is 0 Å². The predicted molar refractivity (Wildman–Crippen MR) is 84.5 cm³/mol. The van der Waals surface area contributed by atoms with Crippen LogP contribution in [0.25, 0.3) is 0 Å². The molecule has 3 nitrogen and oxygen atoms in total. The molecule has 2 aromatic carbocycles. The number of esters is 1. The van der Waals surface area contributed by atoms with Crippen molar-refractivity contribution in [1.82, 2.24) is 0 Å². The third-order valence-electron chi connectivity index (χ3n) is 4.48. The van der Waals surface area contributed by atoms with E-state index in [-0.39, 0.29) is 11.7 Å². The fourth-order valence-corrected chi connectivity index (χ4v) is 3.23. The number of hydrogen-bond acceptors (Lipinski definition) is 3. The molecule has 0 aromatic heterocycles. The van der Waals surface area contributed by atoms with Crippen LogP contribution in [0.15, 0.2) is 54.6 Å². The van der Waals surface area contributed by atoms with Gasteiger partial charge in [0.2, 0.25) is 0 Å². The summed E-state index contributed by atoms with van der Waals surface area (Å²) in [6, 6.07) is 16.7. The standard InChI is InChI=1S/C19H20O3/c20-17-10-8-16(9-11-17)19(12-4-5-13-19)18(21)22-14-15-6-2-1-3-7-15/h1-3,6-11,20H,4-5,12-14H2. The summed E-state index contributed by atoms with van der Waals surface area (Å²) in [5.74, 6) is 0.0640. The summed E-state index contributed by atoms with van der Waals surface area (Å²) in [6.45, 7) is 0.305. The molecule has 2 aromatic rings. The lowest BCUT2D eigenvalue weighted by atomic mass is 9.79. The van der Waals surface area contributed by atoms with Crippen molar-refractivity contribution in [3.05, 3.63) is 65.7 Å². The predicted octanol–water partition coefficient (Wildman–Crippen LogP) is 3.95. The van der Waals surface area contributed by atoms with Crippen molar-refractivity contribution < 1.29 is 14.6 Å². The van der Waals surface area contributed by atoms with Gasteiger partial charge in [-0.3, -0.25) is 4.79 Å². The minimum Gasteiger partial charge on any atom is -0.508 e. The Bertz CT molecular complexity index is 625. The van der Waals surface area contributed by atoms with Crippen molar-refractivity contribution in [2.75, 3.05) is 0 Å². The molecule has 0 unspecified atom stereocenters. The van der Waals surface area contributed by atoms with Gasteiger partial charge in [-0.1, -0.05) is 55.3 Å². The summed E-state index contributed by atoms with van der Waals surface area (Å²) in [6.07, 6.45) is 3.68. The lowest BCUT2D eigenvalue weighted by Crippen LogP contribution is -2.34. The molecule has 0 aliphatic heterocycles. The van der Waals surface area contributed by atoms with E-state index in [9.17, 15) is 9.90 Å².